The van der Waals surface area contributed by atoms with Crippen LogP contribution in [0.25, 0.3) is 0 Å². The number of aryl methyl sites for hydroxylation is 1. The minimum Gasteiger partial charge on any atom is -0.264 e. The number of hydrogen-bond acceptors (Lipinski definition) is 3. The molecule has 20 heavy (non-hydrogen) atoms. The van der Waals surface area contributed by atoms with Gasteiger partial charge in [0.15, 0.2) is 0 Å². The molecule has 0 radical (unpaired) electrons. The van der Waals surface area contributed by atoms with E-state index in [1.807, 2.05) is 12.1 Å². The van der Waals surface area contributed by atoms with E-state index in [-0.39, 0.29) is 4.90 Å². The van der Waals surface area contributed by atoms with Crippen LogP contribution in [0, 0.1) is 13.8 Å². The predicted octanol–water partition coefficient (Wildman–Crippen LogP) is 2.61. The first-order valence-corrected chi connectivity index (χ1v) is 8.42. The molecule has 0 aliphatic carbocycles. The van der Waals surface area contributed by atoms with Gasteiger partial charge in [0.25, 0.3) is 0 Å². The van der Waals surface area contributed by atoms with Crippen molar-refractivity contribution in [1.82, 2.24) is 9.78 Å². The Morgan fingerprint density at radius 2 is 2.05 bits per heavy atom. The summed E-state index contributed by atoms with van der Waals surface area (Å²) in [5.74, 6) is 0. The SMILES string of the molecule is Cc1nn(Cc2ccc(Br)cc2Cl)c(C)c1S(N)(=O)=O. The second kappa shape index (κ2) is 5.48. The molecule has 8 heteroatoms. The maximum Gasteiger partial charge on any atom is 0.241 e. The first kappa shape index (κ1) is 15.5. The number of nitrogens with two attached hydrogens (primary N) is 1. The lowest BCUT2D eigenvalue weighted by Gasteiger charge is -2.07. The number of halogens is 2. The lowest BCUT2D eigenvalue weighted by molar-refractivity contribution is 0.595. The van der Waals surface area contributed by atoms with Crippen LogP contribution in [0.5, 0.6) is 0 Å². The molecule has 108 valence electrons. The van der Waals surface area contributed by atoms with Crippen molar-refractivity contribution in [3.63, 3.8) is 0 Å². The van der Waals surface area contributed by atoms with Crippen molar-refractivity contribution in [2.45, 2.75) is 25.3 Å². The normalized spacial score (nSPS) is 11.8. The summed E-state index contributed by atoms with van der Waals surface area (Å²) >= 11 is 9.49. The average Bonchev–Trinajstić information content (AvgIpc) is 2.57. The fraction of sp³-hybridized carbons (Fsp3) is 0.250. The summed E-state index contributed by atoms with van der Waals surface area (Å²) in [6, 6.07) is 5.51. The van der Waals surface area contributed by atoms with Crippen LogP contribution in [-0.4, -0.2) is 18.2 Å². The van der Waals surface area contributed by atoms with Gasteiger partial charge in [-0.3, -0.25) is 4.68 Å². The largest absolute Gasteiger partial charge is 0.264 e. The van der Waals surface area contributed by atoms with E-state index in [0.29, 0.717) is 23.0 Å². The lowest BCUT2D eigenvalue weighted by atomic mass is 10.2. The van der Waals surface area contributed by atoms with Crippen molar-refractivity contribution >= 4 is 37.6 Å². The molecule has 2 aromatic rings. The van der Waals surface area contributed by atoms with Gasteiger partial charge in [0.2, 0.25) is 10.0 Å². The van der Waals surface area contributed by atoms with Crippen LogP contribution in [0.4, 0.5) is 0 Å². The molecular formula is C12H13BrClN3O2S. The number of primary sulfonamides is 1. The Morgan fingerprint density at radius 3 is 2.55 bits per heavy atom. The first-order valence-electron chi connectivity index (χ1n) is 5.71. The zero-order chi connectivity index (χ0) is 15.1. The van der Waals surface area contributed by atoms with E-state index < -0.39 is 10.0 Å². The maximum absolute atomic E-state index is 11.5. The smallest absolute Gasteiger partial charge is 0.241 e. The predicted molar refractivity (Wildman–Crippen MR) is 81.3 cm³/mol. The molecule has 0 spiro atoms. The standard InChI is InChI=1S/C12H13BrClN3O2S/c1-7-12(20(15,18)19)8(2)17(16-7)6-9-3-4-10(13)5-11(9)14/h3-5H,6H2,1-2H3,(H2,15,18,19). The minimum absolute atomic E-state index is 0.0748. The fourth-order valence-corrected chi connectivity index (χ4v) is 3.76. The summed E-state index contributed by atoms with van der Waals surface area (Å²) in [5.41, 5.74) is 1.74. The Balaban J connectivity index is 2.46. The van der Waals surface area contributed by atoms with E-state index in [2.05, 4.69) is 21.0 Å². The van der Waals surface area contributed by atoms with Gasteiger partial charge in [-0.15, -0.1) is 0 Å². The summed E-state index contributed by atoms with van der Waals surface area (Å²) < 4.78 is 25.6. The van der Waals surface area contributed by atoms with Crippen LogP contribution in [0.3, 0.4) is 0 Å². The third-order valence-electron chi connectivity index (χ3n) is 2.93. The zero-order valence-corrected chi connectivity index (χ0v) is 14.1. The molecule has 1 heterocycles. The number of hydrogen-bond donors (Lipinski definition) is 1. The zero-order valence-electron chi connectivity index (χ0n) is 10.9. The van der Waals surface area contributed by atoms with Gasteiger partial charge in [0.05, 0.1) is 17.9 Å². The Hall–Kier alpha value is -0.890. The van der Waals surface area contributed by atoms with Gasteiger partial charge < -0.3 is 0 Å². The second-order valence-electron chi connectivity index (χ2n) is 4.44. The van der Waals surface area contributed by atoms with Crippen LogP contribution in [0.15, 0.2) is 27.6 Å². The summed E-state index contributed by atoms with van der Waals surface area (Å²) in [7, 11) is -3.78. The summed E-state index contributed by atoms with van der Waals surface area (Å²) in [5, 5.41) is 10.0. The number of nitrogens with zero attached hydrogens (tertiary/aromatic N) is 2. The highest BCUT2D eigenvalue weighted by Crippen LogP contribution is 2.24. The molecule has 2 N–H and O–H groups in total. The quantitative estimate of drug-likeness (QED) is 0.891. The van der Waals surface area contributed by atoms with Gasteiger partial charge in [-0.25, -0.2) is 13.6 Å². The number of aromatic nitrogens is 2. The Kier molecular flexibility index (Phi) is 4.24. The summed E-state index contributed by atoms with van der Waals surface area (Å²) in [4.78, 5) is 0.0748. The second-order valence-corrected chi connectivity index (χ2v) is 7.26. The molecule has 1 aromatic carbocycles. The molecule has 0 fully saturated rings. The van der Waals surface area contributed by atoms with Gasteiger partial charge >= 0.3 is 0 Å². The topological polar surface area (TPSA) is 78.0 Å². The van der Waals surface area contributed by atoms with E-state index in [9.17, 15) is 8.42 Å². The molecule has 0 unspecified atom stereocenters. The van der Waals surface area contributed by atoms with Crippen molar-refractivity contribution < 1.29 is 8.42 Å². The average molecular weight is 379 g/mol. The summed E-state index contributed by atoms with van der Waals surface area (Å²) in [6.07, 6.45) is 0. The van der Waals surface area contributed by atoms with Crippen molar-refractivity contribution in [2.75, 3.05) is 0 Å². The highest BCUT2D eigenvalue weighted by Gasteiger charge is 2.21. The first-order chi connectivity index (χ1) is 9.20. The third-order valence-corrected chi connectivity index (χ3v) is 4.94. The Labute approximate surface area is 130 Å². The van der Waals surface area contributed by atoms with Crippen molar-refractivity contribution in [2.24, 2.45) is 5.14 Å². The number of sulfonamides is 1. The van der Waals surface area contributed by atoms with E-state index in [4.69, 9.17) is 16.7 Å². The maximum atomic E-state index is 11.5. The highest BCUT2D eigenvalue weighted by molar-refractivity contribution is 9.10. The highest BCUT2D eigenvalue weighted by atomic mass is 79.9. The third kappa shape index (κ3) is 3.06. The van der Waals surface area contributed by atoms with E-state index in [1.165, 1.54) is 0 Å². The van der Waals surface area contributed by atoms with Gasteiger partial charge in [0.1, 0.15) is 4.90 Å². The van der Waals surface area contributed by atoms with Crippen LogP contribution >= 0.6 is 27.5 Å². The van der Waals surface area contributed by atoms with Crippen LogP contribution < -0.4 is 5.14 Å². The van der Waals surface area contributed by atoms with Crippen molar-refractivity contribution in [3.8, 4) is 0 Å². The van der Waals surface area contributed by atoms with Crippen LogP contribution in [0.1, 0.15) is 17.0 Å². The van der Waals surface area contributed by atoms with Crippen molar-refractivity contribution in [1.29, 1.82) is 0 Å². The Morgan fingerprint density at radius 1 is 1.40 bits per heavy atom. The minimum atomic E-state index is -3.78. The fourth-order valence-electron chi connectivity index (χ4n) is 2.06. The lowest BCUT2D eigenvalue weighted by Crippen LogP contribution is -2.14. The molecule has 0 bridgehead atoms. The number of benzene rings is 1. The molecule has 0 aliphatic rings. The van der Waals surface area contributed by atoms with E-state index in [0.717, 1.165) is 10.0 Å². The Bertz CT molecular complexity index is 771. The summed E-state index contributed by atoms with van der Waals surface area (Å²) in [6.45, 7) is 3.67. The van der Waals surface area contributed by atoms with Crippen LogP contribution in [0.2, 0.25) is 5.02 Å². The van der Waals surface area contributed by atoms with Gasteiger partial charge in [-0.1, -0.05) is 33.6 Å². The molecular weight excluding hydrogens is 366 g/mol. The van der Waals surface area contributed by atoms with Crippen molar-refractivity contribution in [3.05, 3.63) is 44.6 Å². The van der Waals surface area contributed by atoms with Gasteiger partial charge in [0, 0.05) is 9.50 Å². The monoisotopic (exact) mass is 377 g/mol. The molecule has 0 saturated heterocycles. The molecule has 0 atom stereocenters. The molecule has 0 aliphatic heterocycles. The molecule has 0 saturated carbocycles. The van der Waals surface area contributed by atoms with Crippen LogP contribution in [-0.2, 0) is 16.6 Å². The number of rotatable bonds is 3. The molecule has 2 rings (SSSR count). The van der Waals surface area contributed by atoms with E-state index in [1.54, 1.807) is 24.6 Å². The molecule has 5 nitrogen and oxygen atoms in total. The van der Waals surface area contributed by atoms with E-state index >= 15 is 0 Å². The molecule has 1 aromatic heterocycles. The molecule has 0 amide bonds. The van der Waals surface area contributed by atoms with Gasteiger partial charge in [-0.05, 0) is 31.5 Å². The van der Waals surface area contributed by atoms with Gasteiger partial charge in [-0.2, -0.15) is 5.10 Å².